The lowest BCUT2D eigenvalue weighted by Gasteiger charge is -2.28. The Kier molecular flexibility index (Phi) is 4.10. The number of fused-ring (bicyclic) bond motifs is 1. The number of nitrogens with zero attached hydrogens (tertiary/aromatic N) is 1. The first-order valence-electron chi connectivity index (χ1n) is 6.06. The fraction of sp³-hybridized carbons (Fsp3) is 0.538. The van der Waals surface area contributed by atoms with E-state index in [1.807, 2.05) is 20.8 Å². The molecule has 1 atom stereocenters. The van der Waals surface area contributed by atoms with Gasteiger partial charge in [-0.25, -0.2) is 4.79 Å². The average molecular weight is 329 g/mol. The van der Waals surface area contributed by atoms with E-state index in [0.29, 0.717) is 13.2 Å². The molecule has 0 aromatic carbocycles. The van der Waals surface area contributed by atoms with Gasteiger partial charge in [-0.2, -0.15) is 0 Å². The van der Waals surface area contributed by atoms with Gasteiger partial charge in [0.05, 0.1) is 19.3 Å². The van der Waals surface area contributed by atoms with Crippen LogP contribution in [0.15, 0.2) is 16.9 Å². The number of carbonyl (C=O) groups is 1. The van der Waals surface area contributed by atoms with Gasteiger partial charge in [0.25, 0.3) is 0 Å². The molecule has 1 aliphatic rings. The first-order chi connectivity index (χ1) is 8.87. The molecule has 1 unspecified atom stereocenters. The Hall–Kier alpha value is -1.14. The van der Waals surface area contributed by atoms with Gasteiger partial charge in [-0.1, -0.05) is 0 Å². The highest BCUT2D eigenvalue weighted by molar-refractivity contribution is 9.10. The maximum absolute atomic E-state index is 11.8. The maximum atomic E-state index is 11.8. The third-order valence-electron chi connectivity index (χ3n) is 2.64. The molecule has 1 aliphatic heterocycles. The summed E-state index contributed by atoms with van der Waals surface area (Å²) in [6, 6.07) is -0.233. The van der Waals surface area contributed by atoms with Crippen LogP contribution in [0.4, 0.5) is 4.79 Å². The number of rotatable bonds is 1. The minimum Gasteiger partial charge on any atom is -0.444 e. The topological polar surface area (TPSA) is 60.5 Å². The van der Waals surface area contributed by atoms with Crippen molar-refractivity contribution >= 4 is 22.0 Å². The molecule has 0 fully saturated rings. The molecule has 6 heteroatoms. The molecule has 1 amide bonds. The number of ether oxygens (including phenoxy) is 2. The van der Waals surface area contributed by atoms with Gasteiger partial charge in [0.15, 0.2) is 0 Å². The fourth-order valence-electron chi connectivity index (χ4n) is 1.87. The van der Waals surface area contributed by atoms with Gasteiger partial charge in [-0.15, -0.1) is 0 Å². The summed E-state index contributed by atoms with van der Waals surface area (Å²) < 4.78 is 11.6. The summed E-state index contributed by atoms with van der Waals surface area (Å²) in [6.45, 7) is 6.43. The number of aromatic nitrogens is 1. The molecule has 104 valence electrons. The highest BCUT2D eigenvalue weighted by Gasteiger charge is 2.26. The third-order valence-corrected chi connectivity index (χ3v) is 3.32. The Morgan fingerprint density at radius 3 is 2.95 bits per heavy atom. The van der Waals surface area contributed by atoms with Gasteiger partial charge in [0.1, 0.15) is 5.60 Å². The highest BCUT2D eigenvalue weighted by atomic mass is 79.9. The van der Waals surface area contributed by atoms with Crippen LogP contribution >= 0.6 is 15.9 Å². The molecule has 2 rings (SSSR count). The molecule has 1 N–H and O–H groups in total. The van der Waals surface area contributed by atoms with E-state index in [9.17, 15) is 4.79 Å². The Bertz CT molecular complexity index is 485. The second-order valence-corrected chi connectivity index (χ2v) is 6.26. The molecule has 0 saturated carbocycles. The molecule has 0 spiro atoms. The van der Waals surface area contributed by atoms with Crippen molar-refractivity contribution in [2.45, 2.75) is 39.0 Å². The van der Waals surface area contributed by atoms with Crippen molar-refractivity contribution in [2.24, 2.45) is 0 Å². The van der Waals surface area contributed by atoms with Gasteiger partial charge in [-0.05, 0) is 36.7 Å². The second kappa shape index (κ2) is 5.46. The smallest absolute Gasteiger partial charge is 0.408 e. The van der Waals surface area contributed by atoms with Crippen LogP contribution in [0, 0.1) is 0 Å². The summed E-state index contributed by atoms with van der Waals surface area (Å²) >= 11 is 3.44. The number of halogens is 1. The van der Waals surface area contributed by atoms with Crippen molar-refractivity contribution in [1.29, 1.82) is 0 Å². The van der Waals surface area contributed by atoms with Crippen LogP contribution in [-0.4, -0.2) is 23.3 Å². The lowest BCUT2D eigenvalue weighted by Crippen LogP contribution is -2.38. The Morgan fingerprint density at radius 2 is 2.26 bits per heavy atom. The van der Waals surface area contributed by atoms with Gasteiger partial charge in [0, 0.05) is 28.0 Å². The van der Waals surface area contributed by atoms with Gasteiger partial charge in [0.2, 0.25) is 0 Å². The van der Waals surface area contributed by atoms with Crippen LogP contribution in [0.5, 0.6) is 0 Å². The predicted molar refractivity (Wildman–Crippen MR) is 73.7 cm³/mol. The van der Waals surface area contributed by atoms with E-state index in [1.54, 1.807) is 12.4 Å². The van der Waals surface area contributed by atoms with Crippen molar-refractivity contribution in [2.75, 3.05) is 6.61 Å². The van der Waals surface area contributed by atoms with Crippen molar-refractivity contribution in [3.8, 4) is 0 Å². The van der Waals surface area contributed by atoms with E-state index in [4.69, 9.17) is 9.47 Å². The van der Waals surface area contributed by atoms with Crippen molar-refractivity contribution in [1.82, 2.24) is 10.3 Å². The maximum Gasteiger partial charge on any atom is 0.408 e. The molecule has 0 radical (unpaired) electrons. The number of pyridine rings is 1. The van der Waals surface area contributed by atoms with Crippen LogP contribution in [0.25, 0.3) is 0 Å². The van der Waals surface area contributed by atoms with Gasteiger partial charge in [-0.3, -0.25) is 4.98 Å². The third kappa shape index (κ3) is 3.67. The minimum absolute atomic E-state index is 0.233. The highest BCUT2D eigenvalue weighted by Crippen LogP contribution is 2.29. The molecule has 0 saturated heterocycles. The van der Waals surface area contributed by atoms with Crippen LogP contribution in [0.3, 0.4) is 0 Å². The molecular formula is C13H17BrN2O3. The number of hydrogen-bond acceptors (Lipinski definition) is 4. The fourth-order valence-corrected chi connectivity index (χ4v) is 2.33. The summed E-state index contributed by atoms with van der Waals surface area (Å²) in [7, 11) is 0. The van der Waals surface area contributed by atoms with Crippen LogP contribution in [0.1, 0.15) is 37.9 Å². The SMILES string of the molecule is CC(C)(C)OC(=O)NC1COCc2c(Br)cncc21. The predicted octanol–water partition coefficient (Wildman–Crippen LogP) is 2.94. The van der Waals surface area contributed by atoms with Crippen LogP contribution in [-0.2, 0) is 16.1 Å². The first-order valence-corrected chi connectivity index (χ1v) is 6.85. The summed E-state index contributed by atoms with van der Waals surface area (Å²) in [5, 5.41) is 2.81. The molecule has 1 aromatic heterocycles. The zero-order chi connectivity index (χ0) is 14.0. The zero-order valence-corrected chi connectivity index (χ0v) is 12.8. The normalized spacial score (nSPS) is 18.6. The van der Waals surface area contributed by atoms with Crippen LogP contribution in [0.2, 0.25) is 0 Å². The van der Waals surface area contributed by atoms with Gasteiger partial charge < -0.3 is 14.8 Å². The molecule has 2 heterocycles. The minimum atomic E-state index is -0.516. The molecule has 5 nitrogen and oxygen atoms in total. The number of alkyl carbamates (subject to hydrolysis) is 1. The lowest BCUT2D eigenvalue weighted by atomic mass is 10.0. The number of nitrogens with one attached hydrogen (secondary N) is 1. The second-order valence-electron chi connectivity index (χ2n) is 5.40. The van der Waals surface area contributed by atoms with E-state index in [0.717, 1.165) is 15.6 Å². The lowest BCUT2D eigenvalue weighted by molar-refractivity contribution is 0.0388. The monoisotopic (exact) mass is 328 g/mol. The molecule has 0 aliphatic carbocycles. The Morgan fingerprint density at radius 1 is 1.53 bits per heavy atom. The zero-order valence-electron chi connectivity index (χ0n) is 11.2. The average Bonchev–Trinajstić information content (AvgIpc) is 2.28. The molecule has 1 aromatic rings. The molecular weight excluding hydrogens is 312 g/mol. The Balaban J connectivity index is 2.12. The first kappa shape index (κ1) is 14.3. The van der Waals surface area contributed by atoms with Crippen molar-refractivity contribution in [3.63, 3.8) is 0 Å². The van der Waals surface area contributed by atoms with Crippen molar-refractivity contribution < 1.29 is 14.3 Å². The number of carbonyl (C=O) groups excluding carboxylic acids is 1. The summed E-state index contributed by atoms with van der Waals surface area (Å²) in [5.74, 6) is 0. The Labute approximate surface area is 120 Å². The standard InChI is InChI=1S/C13H17BrN2O3/c1-13(2,3)19-12(17)16-11-7-18-6-9-8(11)4-15-5-10(9)14/h4-5,11H,6-7H2,1-3H3,(H,16,17). The van der Waals surface area contributed by atoms with E-state index >= 15 is 0 Å². The van der Waals surface area contributed by atoms with Crippen molar-refractivity contribution in [3.05, 3.63) is 28.0 Å². The van der Waals surface area contributed by atoms with Crippen LogP contribution < -0.4 is 5.32 Å². The summed E-state index contributed by atoms with van der Waals surface area (Å²) in [5.41, 5.74) is 1.46. The van der Waals surface area contributed by atoms with E-state index in [-0.39, 0.29) is 6.04 Å². The number of hydrogen-bond donors (Lipinski definition) is 1. The largest absolute Gasteiger partial charge is 0.444 e. The van der Waals surface area contributed by atoms with E-state index in [1.165, 1.54) is 0 Å². The van der Waals surface area contributed by atoms with Gasteiger partial charge >= 0.3 is 6.09 Å². The number of amides is 1. The summed E-state index contributed by atoms with van der Waals surface area (Å²) in [4.78, 5) is 15.9. The van der Waals surface area contributed by atoms with E-state index in [2.05, 4.69) is 26.2 Å². The van der Waals surface area contributed by atoms with E-state index < -0.39 is 11.7 Å². The molecule has 19 heavy (non-hydrogen) atoms. The summed E-state index contributed by atoms with van der Waals surface area (Å²) in [6.07, 6.45) is 3.02. The molecule has 0 bridgehead atoms. The quantitative estimate of drug-likeness (QED) is 0.861.